The average molecular weight is 580 g/mol. The number of aliphatic imine (C=N–C) groups is 1. The minimum atomic E-state index is -0.842. The first-order valence-corrected chi connectivity index (χ1v) is 14.5. The van der Waals surface area contributed by atoms with Gasteiger partial charge in [-0.25, -0.2) is 9.18 Å². The second kappa shape index (κ2) is 14.4. The summed E-state index contributed by atoms with van der Waals surface area (Å²) in [6, 6.07) is 17.2. The van der Waals surface area contributed by atoms with Gasteiger partial charge in [0.15, 0.2) is 11.6 Å². The van der Waals surface area contributed by atoms with E-state index in [1.165, 1.54) is 37.0 Å². The van der Waals surface area contributed by atoms with E-state index in [9.17, 15) is 9.18 Å². The van der Waals surface area contributed by atoms with E-state index in [2.05, 4.69) is 10.2 Å². The minimum Gasteiger partial charge on any atom is -0.462 e. The molecule has 2 aromatic carbocycles. The molecule has 2 aliphatic rings. The van der Waals surface area contributed by atoms with Crippen LogP contribution in [0.5, 0.6) is 0 Å². The molecule has 1 atom stereocenters. The van der Waals surface area contributed by atoms with Crippen LogP contribution in [0.2, 0.25) is 5.02 Å². The third-order valence-electron chi connectivity index (χ3n) is 7.29. The molecule has 0 spiro atoms. The Bertz CT molecular complexity index is 1350. The number of halogens is 2. The smallest absolute Gasteiger partial charge is 0.338 e. The van der Waals surface area contributed by atoms with Crippen molar-refractivity contribution in [2.24, 2.45) is 4.99 Å². The molecule has 0 radical (unpaired) electrons. The standard InChI is InChI=1S/C32H35ClFN3O4/c33-25-14-13-24(21-26(25)34)30-29(32(38)41-19-7-11-23-9-3-1-4-10-23)27(35-31(36-30)28-12-8-18-40-28)22-39-20-17-37-15-5-2-6-16-37/h1,3-4,8-10,12-14,18,21,30H,2,5-7,11,15-17,19-20,22H2,(H,35,36). The van der Waals surface area contributed by atoms with E-state index in [-0.39, 0.29) is 23.8 Å². The van der Waals surface area contributed by atoms with Gasteiger partial charge in [0.05, 0.1) is 42.4 Å². The Labute approximate surface area is 245 Å². The predicted octanol–water partition coefficient (Wildman–Crippen LogP) is 6.10. The number of hydrogen-bond acceptors (Lipinski definition) is 7. The molecule has 2 aliphatic heterocycles. The molecule has 1 saturated heterocycles. The first kappa shape index (κ1) is 29.0. The number of hydrogen-bond donors (Lipinski definition) is 1. The molecule has 1 unspecified atom stereocenters. The first-order valence-electron chi connectivity index (χ1n) is 14.2. The van der Waals surface area contributed by atoms with Crippen molar-refractivity contribution < 1.29 is 23.1 Å². The Morgan fingerprint density at radius 3 is 2.66 bits per heavy atom. The summed E-state index contributed by atoms with van der Waals surface area (Å²) in [5.41, 5.74) is 2.43. The third-order valence-corrected chi connectivity index (χ3v) is 7.60. The molecule has 0 bridgehead atoms. The van der Waals surface area contributed by atoms with Crippen molar-refractivity contribution in [3.8, 4) is 0 Å². The van der Waals surface area contributed by atoms with E-state index in [0.717, 1.165) is 26.1 Å². The van der Waals surface area contributed by atoms with Crippen molar-refractivity contribution in [3.05, 3.63) is 106 Å². The van der Waals surface area contributed by atoms with E-state index in [4.69, 9.17) is 30.5 Å². The van der Waals surface area contributed by atoms with E-state index < -0.39 is 17.8 Å². The summed E-state index contributed by atoms with van der Waals surface area (Å²) in [5, 5.41) is 3.24. The van der Waals surface area contributed by atoms with Crippen LogP contribution in [0.15, 0.2) is 87.6 Å². The molecule has 3 heterocycles. The van der Waals surface area contributed by atoms with Crippen LogP contribution < -0.4 is 5.32 Å². The lowest BCUT2D eigenvalue weighted by atomic mass is 9.95. The maximum Gasteiger partial charge on any atom is 0.338 e. The Morgan fingerprint density at radius 1 is 1.07 bits per heavy atom. The number of carbonyl (C=O) groups excluding carboxylic acids is 1. The fraction of sp³-hybridized carbons (Fsp3) is 0.375. The number of esters is 1. The van der Waals surface area contributed by atoms with Crippen molar-refractivity contribution in [1.82, 2.24) is 10.2 Å². The van der Waals surface area contributed by atoms with Crippen LogP contribution in [0.3, 0.4) is 0 Å². The summed E-state index contributed by atoms with van der Waals surface area (Å²) in [5.74, 6) is -0.202. The molecule has 0 saturated carbocycles. The zero-order valence-corrected chi connectivity index (χ0v) is 23.7. The van der Waals surface area contributed by atoms with Crippen LogP contribution in [0.25, 0.3) is 0 Å². The molecular formula is C32H35ClFN3O4. The third kappa shape index (κ3) is 7.85. The normalized spacial score (nSPS) is 17.7. The van der Waals surface area contributed by atoms with E-state index >= 15 is 0 Å². The molecule has 216 valence electrons. The summed E-state index contributed by atoms with van der Waals surface area (Å²) < 4.78 is 32.0. The summed E-state index contributed by atoms with van der Waals surface area (Å²) in [6.45, 7) is 3.84. The van der Waals surface area contributed by atoms with Crippen molar-refractivity contribution >= 4 is 23.4 Å². The van der Waals surface area contributed by atoms with Crippen LogP contribution in [-0.4, -0.2) is 56.2 Å². The molecular weight excluding hydrogens is 545 g/mol. The monoisotopic (exact) mass is 579 g/mol. The number of amidine groups is 1. The zero-order valence-electron chi connectivity index (χ0n) is 23.0. The lowest BCUT2D eigenvalue weighted by molar-refractivity contribution is -0.139. The van der Waals surface area contributed by atoms with Crippen LogP contribution >= 0.6 is 11.6 Å². The summed E-state index contributed by atoms with van der Waals surface area (Å²) in [4.78, 5) is 20.8. The molecule has 3 aromatic rings. The van der Waals surface area contributed by atoms with E-state index in [0.29, 0.717) is 35.9 Å². The maximum atomic E-state index is 14.6. The molecule has 1 fully saturated rings. The Balaban J connectivity index is 1.37. The van der Waals surface area contributed by atoms with Gasteiger partial charge in [0.25, 0.3) is 0 Å². The molecule has 0 amide bonds. The van der Waals surface area contributed by atoms with E-state index in [1.54, 1.807) is 24.5 Å². The lowest BCUT2D eigenvalue weighted by Crippen LogP contribution is -2.36. The SMILES string of the molecule is O=C(OCCCc1ccccc1)C1=C(COCCN2CCCCC2)NC(c2ccco2)=NC1c1ccc(Cl)c(F)c1. The van der Waals surface area contributed by atoms with Gasteiger partial charge in [-0.15, -0.1) is 0 Å². The minimum absolute atomic E-state index is 0.00629. The van der Waals surface area contributed by atoms with Gasteiger partial charge in [-0.05, 0) is 74.2 Å². The molecule has 5 rings (SSSR count). The quantitative estimate of drug-likeness (QED) is 0.206. The van der Waals surface area contributed by atoms with Gasteiger partial charge in [-0.2, -0.15) is 0 Å². The highest BCUT2D eigenvalue weighted by Gasteiger charge is 2.33. The number of piperidine rings is 1. The number of aryl methyl sites for hydroxylation is 1. The van der Waals surface area contributed by atoms with Gasteiger partial charge in [-0.3, -0.25) is 4.99 Å². The molecule has 9 heteroatoms. The zero-order chi connectivity index (χ0) is 28.4. The van der Waals surface area contributed by atoms with Crippen LogP contribution in [0, 0.1) is 5.82 Å². The number of nitrogens with one attached hydrogen (secondary N) is 1. The van der Waals surface area contributed by atoms with Crippen molar-refractivity contribution in [2.45, 2.75) is 38.1 Å². The Hall–Kier alpha value is -3.46. The molecule has 1 N–H and O–H groups in total. The fourth-order valence-corrected chi connectivity index (χ4v) is 5.24. The predicted molar refractivity (Wildman–Crippen MR) is 156 cm³/mol. The molecule has 41 heavy (non-hydrogen) atoms. The maximum absolute atomic E-state index is 14.6. The van der Waals surface area contributed by atoms with Gasteiger partial charge in [0, 0.05) is 6.54 Å². The largest absolute Gasteiger partial charge is 0.462 e. The number of furan rings is 1. The summed E-state index contributed by atoms with van der Waals surface area (Å²) in [6.07, 6.45) is 6.67. The highest BCUT2D eigenvalue weighted by Crippen LogP contribution is 2.34. The summed E-state index contributed by atoms with van der Waals surface area (Å²) >= 11 is 5.97. The van der Waals surface area contributed by atoms with Crippen LogP contribution in [0.1, 0.15) is 48.6 Å². The molecule has 1 aromatic heterocycles. The number of benzene rings is 2. The van der Waals surface area contributed by atoms with Gasteiger partial charge in [-0.1, -0.05) is 54.4 Å². The Morgan fingerprint density at radius 2 is 1.90 bits per heavy atom. The van der Waals surface area contributed by atoms with Gasteiger partial charge in [0.2, 0.25) is 0 Å². The molecule has 7 nitrogen and oxygen atoms in total. The molecule has 0 aliphatic carbocycles. The second-order valence-electron chi connectivity index (χ2n) is 10.2. The number of carbonyl (C=O) groups is 1. The van der Waals surface area contributed by atoms with E-state index in [1.807, 2.05) is 30.3 Å². The first-order chi connectivity index (χ1) is 20.1. The van der Waals surface area contributed by atoms with Crippen molar-refractivity contribution in [1.29, 1.82) is 0 Å². The highest BCUT2D eigenvalue weighted by atomic mass is 35.5. The van der Waals surface area contributed by atoms with Crippen LogP contribution in [0.4, 0.5) is 4.39 Å². The topological polar surface area (TPSA) is 76.3 Å². The van der Waals surface area contributed by atoms with Crippen molar-refractivity contribution in [3.63, 3.8) is 0 Å². The number of ether oxygens (including phenoxy) is 2. The second-order valence-corrected chi connectivity index (χ2v) is 10.6. The lowest BCUT2D eigenvalue weighted by Gasteiger charge is -2.28. The number of likely N-dealkylation sites (tertiary alicyclic amines) is 1. The van der Waals surface area contributed by atoms with Gasteiger partial charge < -0.3 is 24.1 Å². The summed E-state index contributed by atoms with van der Waals surface area (Å²) in [7, 11) is 0. The fourth-order valence-electron chi connectivity index (χ4n) is 5.13. The van der Waals surface area contributed by atoms with Gasteiger partial charge >= 0.3 is 5.97 Å². The van der Waals surface area contributed by atoms with Crippen LogP contribution in [-0.2, 0) is 20.7 Å². The Kier molecular flexibility index (Phi) is 10.2. The van der Waals surface area contributed by atoms with Crippen molar-refractivity contribution in [2.75, 3.05) is 39.5 Å². The number of nitrogens with zero attached hydrogens (tertiary/aromatic N) is 2. The average Bonchev–Trinajstić information content (AvgIpc) is 3.55. The number of rotatable bonds is 12. The van der Waals surface area contributed by atoms with Gasteiger partial charge in [0.1, 0.15) is 11.9 Å². The highest BCUT2D eigenvalue weighted by molar-refractivity contribution is 6.30.